The molecule has 1 aliphatic heterocycles. The van der Waals surface area contributed by atoms with Crippen LogP contribution in [0.4, 0.5) is 10.5 Å². The van der Waals surface area contributed by atoms with Gasteiger partial charge < -0.3 is 5.32 Å². The van der Waals surface area contributed by atoms with Crippen molar-refractivity contribution in [2.45, 2.75) is 44.6 Å². The highest BCUT2D eigenvalue weighted by Gasteiger charge is 2.53. The molecule has 3 rings (SSSR count). The van der Waals surface area contributed by atoms with Crippen molar-refractivity contribution in [2.24, 2.45) is 5.92 Å². The van der Waals surface area contributed by atoms with E-state index in [0.717, 1.165) is 32.1 Å². The van der Waals surface area contributed by atoms with E-state index in [0.29, 0.717) is 16.6 Å². The Balaban J connectivity index is 1.88. The summed E-state index contributed by atoms with van der Waals surface area (Å²) < 4.78 is 0. The monoisotopic (exact) mass is 306 g/mol. The van der Waals surface area contributed by atoms with Gasteiger partial charge in [-0.05, 0) is 43.7 Å². The first-order valence-corrected chi connectivity index (χ1v) is 7.86. The molecule has 1 N–H and O–H groups in total. The molecule has 0 radical (unpaired) electrons. The lowest BCUT2D eigenvalue weighted by Gasteiger charge is -2.34. The highest BCUT2D eigenvalue weighted by Crippen LogP contribution is 2.40. The molecule has 1 heterocycles. The van der Waals surface area contributed by atoms with Gasteiger partial charge in [-0.15, -0.1) is 0 Å². The fourth-order valence-electron chi connectivity index (χ4n) is 3.39. The maximum atomic E-state index is 12.8. The molecule has 1 aromatic rings. The average molecular weight is 307 g/mol. The van der Waals surface area contributed by atoms with E-state index in [2.05, 4.69) is 12.2 Å². The molecular formula is C16H19ClN2O2. The molecule has 1 spiro atoms. The summed E-state index contributed by atoms with van der Waals surface area (Å²) in [5.41, 5.74) is -0.252. The predicted octanol–water partition coefficient (Wildman–Crippen LogP) is 3.74. The van der Waals surface area contributed by atoms with E-state index in [1.165, 1.54) is 4.90 Å². The van der Waals surface area contributed by atoms with Crippen LogP contribution in [-0.4, -0.2) is 17.5 Å². The van der Waals surface area contributed by atoms with E-state index in [4.69, 9.17) is 11.6 Å². The van der Waals surface area contributed by atoms with Crippen molar-refractivity contribution in [2.75, 3.05) is 4.90 Å². The Hall–Kier alpha value is -1.55. The summed E-state index contributed by atoms with van der Waals surface area (Å²) in [5.74, 6) is 0.504. The van der Waals surface area contributed by atoms with Crippen LogP contribution in [0.1, 0.15) is 39.0 Å². The summed E-state index contributed by atoms with van der Waals surface area (Å²) in [7, 11) is 0. The zero-order chi connectivity index (χ0) is 15.0. The number of hydrogen-bond acceptors (Lipinski definition) is 2. The van der Waals surface area contributed by atoms with Crippen molar-refractivity contribution in [3.05, 3.63) is 29.3 Å². The van der Waals surface area contributed by atoms with Gasteiger partial charge in [-0.2, -0.15) is 0 Å². The van der Waals surface area contributed by atoms with E-state index < -0.39 is 5.54 Å². The van der Waals surface area contributed by atoms with Crippen LogP contribution in [-0.2, 0) is 4.79 Å². The van der Waals surface area contributed by atoms with Gasteiger partial charge in [0.2, 0.25) is 0 Å². The molecule has 112 valence electrons. The maximum absolute atomic E-state index is 12.8. The van der Waals surface area contributed by atoms with Crippen LogP contribution in [0.15, 0.2) is 24.3 Å². The number of imide groups is 1. The molecule has 0 atom stereocenters. The van der Waals surface area contributed by atoms with Crippen molar-refractivity contribution in [3.8, 4) is 0 Å². The topological polar surface area (TPSA) is 49.4 Å². The van der Waals surface area contributed by atoms with Gasteiger partial charge in [0.1, 0.15) is 5.54 Å². The lowest BCUT2D eigenvalue weighted by atomic mass is 9.75. The summed E-state index contributed by atoms with van der Waals surface area (Å²) in [6.45, 7) is 2.17. The summed E-state index contributed by atoms with van der Waals surface area (Å²) in [4.78, 5) is 26.3. The largest absolute Gasteiger partial charge is 0.329 e. The Bertz CT molecular complexity index is 579. The highest BCUT2D eigenvalue weighted by atomic mass is 35.5. The number of hydrogen-bond donors (Lipinski definition) is 1. The van der Waals surface area contributed by atoms with Crippen LogP contribution in [0.25, 0.3) is 0 Å². The Morgan fingerprint density at radius 2 is 1.95 bits per heavy atom. The zero-order valence-corrected chi connectivity index (χ0v) is 12.8. The maximum Gasteiger partial charge on any atom is 0.329 e. The number of nitrogens with zero attached hydrogens (tertiary/aromatic N) is 1. The number of urea groups is 1. The first kappa shape index (κ1) is 14.4. The van der Waals surface area contributed by atoms with E-state index in [1.807, 2.05) is 0 Å². The predicted molar refractivity (Wildman–Crippen MR) is 82.4 cm³/mol. The molecule has 0 bridgehead atoms. The molecule has 2 aliphatic rings. The number of amides is 3. The smallest absolute Gasteiger partial charge is 0.323 e. The lowest BCUT2D eigenvalue weighted by Crippen LogP contribution is -2.49. The van der Waals surface area contributed by atoms with Crippen molar-refractivity contribution in [1.82, 2.24) is 5.32 Å². The van der Waals surface area contributed by atoms with E-state index >= 15 is 0 Å². The van der Waals surface area contributed by atoms with Gasteiger partial charge in [0.15, 0.2) is 0 Å². The third-order valence-electron chi connectivity index (χ3n) is 4.79. The van der Waals surface area contributed by atoms with Crippen molar-refractivity contribution >= 4 is 29.2 Å². The van der Waals surface area contributed by atoms with Crippen molar-refractivity contribution in [1.29, 1.82) is 0 Å². The third kappa shape index (κ3) is 2.31. The van der Waals surface area contributed by atoms with Gasteiger partial charge >= 0.3 is 6.03 Å². The number of para-hydroxylation sites is 1. The molecule has 21 heavy (non-hydrogen) atoms. The van der Waals surface area contributed by atoms with Crippen molar-refractivity contribution in [3.63, 3.8) is 0 Å². The van der Waals surface area contributed by atoms with E-state index in [-0.39, 0.29) is 11.9 Å². The second-order valence-corrected chi connectivity index (χ2v) is 6.36. The van der Waals surface area contributed by atoms with Crippen LogP contribution >= 0.6 is 11.6 Å². The summed E-state index contributed by atoms with van der Waals surface area (Å²) in [6.07, 6.45) is 4.54. The minimum atomic E-state index is -0.720. The van der Waals surface area contributed by atoms with Crippen LogP contribution in [0.2, 0.25) is 5.02 Å². The molecule has 5 heteroatoms. The quantitative estimate of drug-likeness (QED) is 0.846. The first-order chi connectivity index (χ1) is 10.1. The number of nitrogens with one attached hydrogen (secondary N) is 1. The molecule has 1 saturated heterocycles. The van der Waals surface area contributed by atoms with Crippen LogP contribution in [0.5, 0.6) is 0 Å². The number of rotatable bonds is 2. The minimum absolute atomic E-state index is 0.157. The number of carbonyl (C=O) groups excluding carboxylic acids is 2. The van der Waals surface area contributed by atoms with Gasteiger partial charge in [-0.3, -0.25) is 4.79 Å². The average Bonchev–Trinajstić information content (AvgIpc) is 2.72. The normalized spacial score (nSPS) is 29.0. The lowest BCUT2D eigenvalue weighted by molar-refractivity contribution is -0.123. The number of anilines is 1. The van der Waals surface area contributed by atoms with Gasteiger partial charge in [-0.1, -0.05) is 37.1 Å². The van der Waals surface area contributed by atoms with Gasteiger partial charge in [0.05, 0.1) is 10.7 Å². The van der Waals surface area contributed by atoms with Crippen LogP contribution in [0, 0.1) is 5.92 Å². The van der Waals surface area contributed by atoms with Crippen LogP contribution in [0.3, 0.4) is 0 Å². The highest BCUT2D eigenvalue weighted by molar-refractivity contribution is 6.36. The Morgan fingerprint density at radius 3 is 2.57 bits per heavy atom. The Morgan fingerprint density at radius 1 is 1.29 bits per heavy atom. The first-order valence-electron chi connectivity index (χ1n) is 7.48. The summed E-state index contributed by atoms with van der Waals surface area (Å²) >= 11 is 6.13. The SMILES string of the molecule is CCC1CCC2(CC1)NC(=O)N(c1ccccc1Cl)C2=O. The molecular weight excluding hydrogens is 288 g/mol. The second-order valence-electron chi connectivity index (χ2n) is 5.96. The standard InChI is InChI=1S/C16H19ClN2O2/c1-2-11-7-9-16(10-8-11)14(20)19(15(21)18-16)13-6-4-3-5-12(13)17/h3-6,11H,2,7-10H2,1H3,(H,18,21). The molecule has 0 aromatic heterocycles. The fraction of sp³-hybridized carbons (Fsp3) is 0.500. The van der Waals surface area contributed by atoms with Crippen molar-refractivity contribution < 1.29 is 9.59 Å². The zero-order valence-electron chi connectivity index (χ0n) is 12.1. The third-order valence-corrected chi connectivity index (χ3v) is 5.11. The van der Waals surface area contributed by atoms with Gasteiger partial charge in [0, 0.05) is 0 Å². The Kier molecular flexibility index (Phi) is 3.66. The molecule has 1 saturated carbocycles. The second kappa shape index (κ2) is 5.34. The summed E-state index contributed by atoms with van der Waals surface area (Å²) in [5, 5.41) is 3.34. The van der Waals surface area contributed by atoms with E-state index in [1.54, 1.807) is 24.3 Å². The van der Waals surface area contributed by atoms with Gasteiger partial charge in [-0.25, -0.2) is 9.69 Å². The van der Waals surface area contributed by atoms with Gasteiger partial charge in [0.25, 0.3) is 5.91 Å². The molecule has 1 aliphatic carbocycles. The molecule has 3 amide bonds. The molecule has 2 fully saturated rings. The fourth-order valence-corrected chi connectivity index (χ4v) is 3.61. The number of benzene rings is 1. The minimum Gasteiger partial charge on any atom is -0.323 e. The number of halogens is 1. The van der Waals surface area contributed by atoms with E-state index in [9.17, 15) is 9.59 Å². The molecule has 0 unspecified atom stereocenters. The molecule has 4 nitrogen and oxygen atoms in total. The summed E-state index contributed by atoms with van der Waals surface area (Å²) in [6, 6.07) is 6.60. The Labute approximate surface area is 129 Å². The number of carbonyl (C=O) groups is 2. The molecule has 1 aromatic carbocycles. The van der Waals surface area contributed by atoms with Crippen LogP contribution < -0.4 is 10.2 Å².